The average molecular weight is 202 g/mol. The highest BCUT2D eigenvalue weighted by molar-refractivity contribution is 7.79. The normalized spacial score (nSPS) is 48.5. The summed E-state index contributed by atoms with van der Waals surface area (Å²) < 4.78 is 15.7. The van der Waals surface area contributed by atoms with Crippen LogP contribution in [0.3, 0.4) is 0 Å². The second-order valence-corrected chi connectivity index (χ2v) is 3.76. The number of hydrogen-bond acceptors (Lipinski definition) is 5. The van der Waals surface area contributed by atoms with Gasteiger partial charge in [-0.1, -0.05) is 0 Å². The van der Waals surface area contributed by atoms with Crippen molar-refractivity contribution in [2.45, 2.75) is 30.8 Å². The van der Waals surface area contributed by atoms with Gasteiger partial charge in [0.15, 0.2) is 12.2 Å². The Morgan fingerprint density at radius 3 is 2.92 bits per heavy atom. The Bertz CT molecular complexity index is 244. The summed E-state index contributed by atoms with van der Waals surface area (Å²) in [5, 5.41) is 9.19. The highest BCUT2D eigenvalue weighted by atomic mass is 32.1. The van der Waals surface area contributed by atoms with Crippen molar-refractivity contribution in [3.63, 3.8) is 0 Å². The van der Waals surface area contributed by atoms with Gasteiger partial charge in [-0.05, 0) is 6.92 Å². The number of aliphatic hydroxyl groups is 1. The summed E-state index contributed by atoms with van der Waals surface area (Å²) in [5.74, 6) is 0. The Labute approximate surface area is 81.8 Å². The molecule has 2 aliphatic rings. The van der Waals surface area contributed by atoms with Crippen LogP contribution < -0.4 is 0 Å². The molecular formula is C8H10O4S. The predicted octanol–water partition coefficient (Wildman–Crippen LogP) is -0.0838. The summed E-state index contributed by atoms with van der Waals surface area (Å²) in [7, 11) is 0. The SMILES string of the molecule is [CH][C@@H]1O[C@](C)(CO)[C@@H]2OC(=S)OC12. The fourth-order valence-corrected chi connectivity index (χ4v) is 1.87. The van der Waals surface area contributed by atoms with Crippen molar-refractivity contribution in [2.24, 2.45) is 0 Å². The molecule has 2 radical (unpaired) electrons. The van der Waals surface area contributed by atoms with Crippen LogP contribution in [0.1, 0.15) is 6.92 Å². The summed E-state index contributed by atoms with van der Waals surface area (Å²) in [4.78, 5) is 0. The largest absolute Gasteiger partial charge is 0.447 e. The fraction of sp³-hybridized carbons (Fsp3) is 0.750. The van der Waals surface area contributed by atoms with E-state index < -0.39 is 23.9 Å². The van der Waals surface area contributed by atoms with E-state index >= 15 is 0 Å². The van der Waals surface area contributed by atoms with Crippen molar-refractivity contribution in [3.8, 4) is 0 Å². The van der Waals surface area contributed by atoms with Crippen molar-refractivity contribution < 1.29 is 19.3 Å². The first-order valence-electron chi connectivity index (χ1n) is 3.98. The molecule has 0 bridgehead atoms. The first kappa shape index (κ1) is 9.18. The molecule has 4 nitrogen and oxygen atoms in total. The molecule has 4 atom stereocenters. The lowest BCUT2D eigenvalue weighted by atomic mass is 9.98. The van der Waals surface area contributed by atoms with Crippen molar-refractivity contribution in [3.05, 3.63) is 6.92 Å². The minimum Gasteiger partial charge on any atom is -0.447 e. The third-order valence-corrected chi connectivity index (χ3v) is 2.59. The van der Waals surface area contributed by atoms with Crippen molar-refractivity contribution >= 4 is 17.5 Å². The second-order valence-electron chi connectivity index (χ2n) is 3.42. The van der Waals surface area contributed by atoms with Gasteiger partial charge in [0, 0.05) is 19.1 Å². The fourth-order valence-electron chi connectivity index (χ4n) is 1.66. The Morgan fingerprint density at radius 1 is 1.62 bits per heavy atom. The summed E-state index contributed by atoms with van der Waals surface area (Å²) in [5.41, 5.74) is -0.815. The highest BCUT2D eigenvalue weighted by Crippen LogP contribution is 2.38. The Balaban J connectivity index is 2.24. The van der Waals surface area contributed by atoms with Gasteiger partial charge in [0.2, 0.25) is 0 Å². The van der Waals surface area contributed by atoms with Gasteiger partial charge in [0.05, 0.1) is 6.61 Å². The van der Waals surface area contributed by atoms with Gasteiger partial charge in [-0.15, -0.1) is 0 Å². The zero-order valence-corrected chi connectivity index (χ0v) is 7.91. The summed E-state index contributed by atoms with van der Waals surface area (Å²) in [6, 6.07) is 0. The van der Waals surface area contributed by atoms with E-state index in [4.69, 9.17) is 38.5 Å². The topological polar surface area (TPSA) is 47.9 Å². The van der Waals surface area contributed by atoms with E-state index in [-0.39, 0.29) is 11.8 Å². The maximum absolute atomic E-state index is 9.12. The third kappa shape index (κ3) is 1.22. The van der Waals surface area contributed by atoms with Crippen LogP contribution in [0.4, 0.5) is 0 Å². The third-order valence-electron chi connectivity index (χ3n) is 2.40. The van der Waals surface area contributed by atoms with Crippen LogP contribution in [0.2, 0.25) is 0 Å². The molecule has 0 aromatic heterocycles. The minimum absolute atomic E-state index is 0.0772. The molecule has 0 amide bonds. The molecule has 0 saturated carbocycles. The van der Waals surface area contributed by atoms with Gasteiger partial charge < -0.3 is 19.3 Å². The smallest absolute Gasteiger partial charge is 0.353 e. The van der Waals surface area contributed by atoms with E-state index in [2.05, 4.69) is 0 Å². The quantitative estimate of drug-likeness (QED) is 0.602. The Kier molecular flexibility index (Phi) is 1.98. The van der Waals surface area contributed by atoms with Gasteiger partial charge in [-0.2, -0.15) is 0 Å². The standard InChI is InChI=1S/C8H10O4S/c1-4-5-6(11-7(13)10-5)8(2,3-9)12-4/h1,4-6,9H,3H2,2H3/t4-,5?,6+,8+/m0/s1. The summed E-state index contributed by atoms with van der Waals surface area (Å²) >= 11 is 4.74. The van der Waals surface area contributed by atoms with Crippen LogP contribution in [0.5, 0.6) is 0 Å². The lowest BCUT2D eigenvalue weighted by Gasteiger charge is -2.25. The molecule has 1 unspecified atom stereocenters. The number of aliphatic hydroxyl groups excluding tert-OH is 1. The van der Waals surface area contributed by atoms with Crippen LogP contribution in [-0.2, 0) is 14.2 Å². The van der Waals surface area contributed by atoms with Crippen LogP contribution in [0.15, 0.2) is 0 Å². The molecule has 0 aromatic rings. The highest BCUT2D eigenvalue weighted by Gasteiger charge is 2.57. The lowest BCUT2D eigenvalue weighted by Crippen LogP contribution is -2.42. The lowest BCUT2D eigenvalue weighted by molar-refractivity contribution is -0.0884. The number of thiocarbonyl (C=S) groups is 1. The average Bonchev–Trinajstić information content (AvgIpc) is 2.55. The molecule has 2 rings (SSSR count). The number of rotatable bonds is 1. The van der Waals surface area contributed by atoms with Gasteiger partial charge in [-0.25, -0.2) is 0 Å². The van der Waals surface area contributed by atoms with E-state index in [1.807, 2.05) is 0 Å². The molecule has 0 spiro atoms. The van der Waals surface area contributed by atoms with Crippen LogP contribution >= 0.6 is 12.2 Å². The van der Waals surface area contributed by atoms with E-state index in [9.17, 15) is 0 Å². The predicted molar refractivity (Wildman–Crippen MR) is 47.0 cm³/mol. The van der Waals surface area contributed by atoms with Gasteiger partial charge >= 0.3 is 5.24 Å². The van der Waals surface area contributed by atoms with Crippen molar-refractivity contribution in [1.82, 2.24) is 0 Å². The summed E-state index contributed by atoms with van der Waals surface area (Å²) in [6.07, 6.45) is -1.40. The van der Waals surface area contributed by atoms with Crippen molar-refractivity contribution in [2.75, 3.05) is 6.61 Å². The van der Waals surface area contributed by atoms with E-state index in [0.29, 0.717) is 0 Å². The molecule has 0 aliphatic carbocycles. The van der Waals surface area contributed by atoms with E-state index in [1.54, 1.807) is 6.92 Å². The molecule has 0 aromatic carbocycles. The summed E-state index contributed by atoms with van der Waals surface area (Å²) in [6.45, 7) is 7.18. The maximum Gasteiger partial charge on any atom is 0.353 e. The van der Waals surface area contributed by atoms with Gasteiger partial charge in [0.1, 0.15) is 11.7 Å². The van der Waals surface area contributed by atoms with E-state index in [1.165, 1.54) is 0 Å². The molecule has 2 aliphatic heterocycles. The number of hydrogen-bond donors (Lipinski definition) is 1. The van der Waals surface area contributed by atoms with E-state index in [0.717, 1.165) is 0 Å². The minimum atomic E-state index is -0.815. The molecule has 5 heteroatoms. The molecule has 13 heavy (non-hydrogen) atoms. The molecular weight excluding hydrogens is 192 g/mol. The van der Waals surface area contributed by atoms with Gasteiger partial charge in [0.25, 0.3) is 0 Å². The van der Waals surface area contributed by atoms with Crippen LogP contribution in [0.25, 0.3) is 0 Å². The first-order valence-corrected chi connectivity index (χ1v) is 4.39. The molecule has 2 heterocycles. The Morgan fingerprint density at radius 2 is 2.31 bits per heavy atom. The molecule has 2 saturated heterocycles. The zero-order chi connectivity index (χ0) is 9.64. The van der Waals surface area contributed by atoms with Crippen LogP contribution in [-0.4, -0.2) is 40.9 Å². The number of fused-ring (bicyclic) bond motifs is 1. The molecule has 1 N–H and O–H groups in total. The maximum atomic E-state index is 9.12. The molecule has 72 valence electrons. The van der Waals surface area contributed by atoms with Crippen LogP contribution in [0, 0.1) is 6.92 Å². The molecule has 2 fully saturated rings. The first-order chi connectivity index (χ1) is 6.07. The number of ether oxygens (including phenoxy) is 3. The Hall–Kier alpha value is -0.390. The zero-order valence-electron chi connectivity index (χ0n) is 7.10. The second kappa shape index (κ2) is 2.80. The van der Waals surface area contributed by atoms with Crippen molar-refractivity contribution in [1.29, 1.82) is 0 Å². The monoisotopic (exact) mass is 202 g/mol. The van der Waals surface area contributed by atoms with Gasteiger partial charge in [-0.3, -0.25) is 0 Å².